The summed E-state index contributed by atoms with van der Waals surface area (Å²) in [5, 5.41) is 0. The van der Waals surface area contributed by atoms with Gasteiger partial charge in [-0.3, -0.25) is 28.5 Å². The molecular weight excluding hydrogens is 454 g/mol. The highest BCUT2D eigenvalue weighted by atomic mass is 16.7. The van der Waals surface area contributed by atoms with Crippen molar-refractivity contribution in [3.05, 3.63) is 12.7 Å². The van der Waals surface area contributed by atoms with Crippen LogP contribution in [0.3, 0.4) is 0 Å². The zero-order valence-electron chi connectivity index (χ0n) is 19.1. The second kappa shape index (κ2) is 9.91. The van der Waals surface area contributed by atoms with Gasteiger partial charge in [-0.2, -0.15) is 0 Å². The van der Waals surface area contributed by atoms with Crippen LogP contribution in [0.2, 0.25) is 0 Å². The molecule has 0 N–H and O–H groups in total. The maximum atomic E-state index is 12.0. The van der Waals surface area contributed by atoms with Gasteiger partial charge in [0.1, 0.15) is 19.0 Å². The summed E-state index contributed by atoms with van der Waals surface area (Å²) in [7, 11) is 0. The van der Waals surface area contributed by atoms with Gasteiger partial charge in [0.2, 0.25) is 11.8 Å². The van der Waals surface area contributed by atoms with Gasteiger partial charge in [0.25, 0.3) is 0 Å². The number of rotatable bonds is 6. The van der Waals surface area contributed by atoms with Crippen LogP contribution in [0.4, 0.5) is 5.82 Å². The zero-order chi connectivity index (χ0) is 25.2. The van der Waals surface area contributed by atoms with Crippen LogP contribution in [0.5, 0.6) is 0 Å². The second-order valence-electron chi connectivity index (χ2n) is 7.41. The highest BCUT2D eigenvalue weighted by molar-refractivity contribution is 6.15. The Morgan fingerprint density at radius 1 is 0.912 bits per heavy atom. The lowest BCUT2D eigenvalue weighted by molar-refractivity contribution is -0.166. The number of aromatic nitrogens is 4. The van der Waals surface area contributed by atoms with Gasteiger partial charge >= 0.3 is 17.9 Å². The van der Waals surface area contributed by atoms with E-state index in [4.69, 9.17) is 18.9 Å². The number of amides is 2. The van der Waals surface area contributed by atoms with E-state index in [0.717, 1.165) is 11.2 Å². The van der Waals surface area contributed by atoms with Crippen molar-refractivity contribution in [2.45, 2.75) is 59.2 Å². The molecule has 1 saturated heterocycles. The van der Waals surface area contributed by atoms with Gasteiger partial charge in [-0.15, -0.1) is 0 Å². The number of imide groups is 1. The molecule has 2 aromatic heterocycles. The normalized spacial score (nSPS) is 21.7. The van der Waals surface area contributed by atoms with Crippen molar-refractivity contribution in [1.29, 1.82) is 0 Å². The van der Waals surface area contributed by atoms with Crippen LogP contribution in [0.1, 0.15) is 40.8 Å². The maximum Gasteiger partial charge on any atom is 0.303 e. The molecule has 0 aromatic carbocycles. The lowest BCUT2D eigenvalue weighted by Crippen LogP contribution is -2.40. The van der Waals surface area contributed by atoms with Crippen LogP contribution in [0.15, 0.2) is 12.7 Å². The molecule has 3 heterocycles. The SMILES string of the molecule is CC(=O)OC[C@H]1O[C@@H](n2cnc3c(N(C(C)=O)C(C)=O)ncnc32)C(OC(C)=O)C1OC(C)=O. The average Bonchev–Trinajstić information content (AvgIpc) is 3.28. The number of ether oxygens (including phenoxy) is 4. The van der Waals surface area contributed by atoms with Crippen LogP contribution < -0.4 is 4.90 Å². The summed E-state index contributed by atoms with van der Waals surface area (Å²) in [5.74, 6) is -3.13. The van der Waals surface area contributed by atoms with Crippen molar-refractivity contribution in [1.82, 2.24) is 19.5 Å². The maximum absolute atomic E-state index is 12.0. The Morgan fingerprint density at radius 2 is 1.53 bits per heavy atom. The molecule has 1 aliphatic heterocycles. The van der Waals surface area contributed by atoms with Gasteiger partial charge in [-0.25, -0.2) is 19.9 Å². The summed E-state index contributed by atoms with van der Waals surface area (Å²) >= 11 is 0. The molecule has 0 saturated carbocycles. The Balaban J connectivity index is 2.09. The molecule has 0 bridgehead atoms. The number of nitrogens with zero attached hydrogens (tertiary/aromatic N) is 5. The summed E-state index contributed by atoms with van der Waals surface area (Å²) in [5.41, 5.74) is 0.250. The fourth-order valence-corrected chi connectivity index (χ4v) is 3.63. The molecule has 2 unspecified atom stereocenters. The number of carbonyl (C=O) groups excluding carboxylic acids is 5. The quantitative estimate of drug-likeness (QED) is 0.405. The van der Waals surface area contributed by atoms with E-state index in [2.05, 4.69) is 15.0 Å². The number of esters is 3. The third-order valence-corrected chi connectivity index (χ3v) is 4.80. The largest absolute Gasteiger partial charge is 0.463 e. The van der Waals surface area contributed by atoms with E-state index < -0.39 is 54.3 Å². The third kappa shape index (κ3) is 5.01. The molecule has 2 amide bonds. The molecular formula is C20H23N5O9. The Morgan fingerprint density at radius 3 is 2.09 bits per heavy atom. The topological polar surface area (TPSA) is 169 Å². The van der Waals surface area contributed by atoms with Crippen LogP contribution >= 0.6 is 0 Å². The highest BCUT2D eigenvalue weighted by Crippen LogP contribution is 2.36. The van der Waals surface area contributed by atoms with E-state index in [1.807, 2.05) is 0 Å². The molecule has 1 aliphatic rings. The van der Waals surface area contributed by atoms with Crippen molar-refractivity contribution in [2.75, 3.05) is 11.5 Å². The molecule has 34 heavy (non-hydrogen) atoms. The third-order valence-electron chi connectivity index (χ3n) is 4.80. The standard InChI is InChI=1S/C20H23N5O9/c1-9(26)25(10(2)27)19-15-18(21-7-22-19)24(8-23-15)20-17(33-13(5)30)16(32-12(4)29)14(34-20)6-31-11(3)28/h7-8,14,16-17,20H,6H2,1-5H3/t14-,16?,17?,20-/m1/s1. The van der Waals surface area contributed by atoms with Crippen molar-refractivity contribution < 1.29 is 42.9 Å². The molecule has 14 heteroatoms. The number of hydrogen-bond donors (Lipinski definition) is 0. The smallest absolute Gasteiger partial charge is 0.303 e. The van der Waals surface area contributed by atoms with Crippen molar-refractivity contribution >= 4 is 46.7 Å². The number of hydrogen-bond acceptors (Lipinski definition) is 12. The summed E-state index contributed by atoms with van der Waals surface area (Å²) < 4.78 is 23.1. The summed E-state index contributed by atoms with van der Waals surface area (Å²) in [6.45, 7) is 5.67. The zero-order valence-corrected chi connectivity index (χ0v) is 19.1. The Labute approximate surface area is 193 Å². The molecule has 2 aromatic rings. The van der Waals surface area contributed by atoms with Crippen molar-refractivity contribution in [3.63, 3.8) is 0 Å². The van der Waals surface area contributed by atoms with Crippen molar-refractivity contribution in [3.8, 4) is 0 Å². The Kier molecular flexibility index (Phi) is 7.20. The van der Waals surface area contributed by atoms with Gasteiger partial charge in [-0.05, 0) is 0 Å². The average molecular weight is 477 g/mol. The first-order valence-corrected chi connectivity index (χ1v) is 10.1. The minimum atomic E-state index is -1.16. The molecule has 3 rings (SSSR count). The van der Waals surface area contributed by atoms with E-state index in [0.29, 0.717) is 0 Å². The lowest BCUT2D eigenvalue weighted by atomic mass is 10.1. The second-order valence-corrected chi connectivity index (χ2v) is 7.41. The number of fused-ring (bicyclic) bond motifs is 1. The molecule has 1 fully saturated rings. The monoisotopic (exact) mass is 477 g/mol. The fourth-order valence-electron chi connectivity index (χ4n) is 3.63. The van der Waals surface area contributed by atoms with Gasteiger partial charge in [0.15, 0.2) is 35.4 Å². The minimum Gasteiger partial charge on any atom is -0.463 e. The predicted octanol–water partition coefficient (Wildman–Crippen LogP) is 0.0496. The molecule has 0 aliphatic carbocycles. The van der Waals surface area contributed by atoms with E-state index in [9.17, 15) is 24.0 Å². The first-order valence-electron chi connectivity index (χ1n) is 10.1. The minimum absolute atomic E-state index is 0.0428. The van der Waals surface area contributed by atoms with E-state index in [1.165, 1.54) is 45.5 Å². The predicted molar refractivity (Wildman–Crippen MR) is 111 cm³/mol. The summed E-state index contributed by atoms with van der Waals surface area (Å²) in [4.78, 5) is 72.2. The molecule has 182 valence electrons. The van der Waals surface area contributed by atoms with Crippen LogP contribution in [0, 0.1) is 0 Å². The van der Waals surface area contributed by atoms with Gasteiger partial charge in [0, 0.05) is 34.6 Å². The molecule has 0 radical (unpaired) electrons. The van der Waals surface area contributed by atoms with E-state index >= 15 is 0 Å². The summed E-state index contributed by atoms with van der Waals surface area (Å²) in [6.07, 6.45) is -1.94. The van der Waals surface area contributed by atoms with Crippen LogP contribution in [-0.2, 0) is 42.9 Å². The molecule has 14 nitrogen and oxygen atoms in total. The van der Waals surface area contributed by atoms with Gasteiger partial charge in [0.05, 0.1) is 6.33 Å². The lowest BCUT2D eigenvalue weighted by Gasteiger charge is -2.23. The fraction of sp³-hybridized carbons (Fsp3) is 0.500. The Bertz CT molecular complexity index is 1130. The number of imidazole rings is 1. The van der Waals surface area contributed by atoms with Crippen LogP contribution in [0.25, 0.3) is 11.2 Å². The first-order chi connectivity index (χ1) is 16.0. The van der Waals surface area contributed by atoms with E-state index in [1.54, 1.807) is 0 Å². The van der Waals surface area contributed by atoms with Gasteiger partial charge in [-0.1, -0.05) is 0 Å². The summed E-state index contributed by atoms with van der Waals surface area (Å²) in [6, 6.07) is 0. The molecule has 0 spiro atoms. The first kappa shape index (κ1) is 24.7. The van der Waals surface area contributed by atoms with Crippen LogP contribution in [-0.4, -0.2) is 74.2 Å². The number of carbonyl (C=O) groups is 5. The van der Waals surface area contributed by atoms with Gasteiger partial charge < -0.3 is 18.9 Å². The number of anilines is 1. The highest BCUT2D eigenvalue weighted by Gasteiger charge is 2.51. The molecule has 4 atom stereocenters. The van der Waals surface area contributed by atoms with E-state index in [-0.39, 0.29) is 23.6 Å². The van der Waals surface area contributed by atoms with Crippen molar-refractivity contribution in [2.24, 2.45) is 0 Å². The Hall–Kier alpha value is -3.94.